The van der Waals surface area contributed by atoms with Crippen LogP contribution in [-0.4, -0.2) is 28.0 Å². The highest BCUT2D eigenvalue weighted by Crippen LogP contribution is 2.03. The van der Waals surface area contributed by atoms with Gasteiger partial charge in [0.1, 0.15) is 0 Å². The van der Waals surface area contributed by atoms with E-state index in [4.69, 9.17) is 5.11 Å². The third-order valence-electron chi connectivity index (χ3n) is 2.30. The first kappa shape index (κ1) is 12.2. The summed E-state index contributed by atoms with van der Waals surface area (Å²) < 4.78 is 1.95. The van der Waals surface area contributed by atoms with Crippen LogP contribution in [0, 0.1) is 5.92 Å². The van der Waals surface area contributed by atoms with Gasteiger partial charge in [0.15, 0.2) is 0 Å². The summed E-state index contributed by atoms with van der Waals surface area (Å²) in [6.45, 7) is 8.05. The summed E-state index contributed by atoms with van der Waals surface area (Å²) in [6.07, 6.45) is 2.00. The molecule has 1 aromatic rings. The molecule has 2 N–H and O–H groups in total. The number of nitrogens with one attached hydrogen (secondary N) is 1. The summed E-state index contributed by atoms with van der Waals surface area (Å²) in [4.78, 5) is 0. The number of hydrogen-bond donors (Lipinski definition) is 2. The van der Waals surface area contributed by atoms with E-state index >= 15 is 0 Å². The molecule has 4 heteroatoms. The highest BCUT2D eigenvalue weighted by Gasteiger charge is 2.03. The predicted octanol–water partition coefficient (Wildman–Crippen LogP) is 1.18. The van der Waals surface area contributed by atoms with Gasteiger partial charge in [0.2, 0.25) is 0 Å². The number of aliphatic hydroxyl groups is 1. The van der Waals surface area contributed by atoms with Crippen LogP contribution in [0.25, 0.3) is 0 Å². The fourth-order valence-electron chi connectivity index (χ4n) is 1.27. The smallest absolute Gasteiger partial charge is 0.0762 e. The van der Waals surface area contributed by atoms with Gasteiger partial charge in [0, 0.05) is 31.9 Å². The Kier molecular flexibility index (Phi) is 4.78. The van der Waals surface area contributed by atoms with Crippen molar-refractivity contribution in [3.05, 3.63) is 18.0 Å². The van der Waals surface area contributed by atoms with Crippen LogP contribution >= 0.6 is 0 Å². The van der Waals surface area contributed by atoms with Gasteiger partial charge in [0.05, 0.1) is 5.69 Å². The third kappa shape index (κ3) is 4.01. The molecule has 0 spiro atoms. The Hall–Kier alpha value is -0.870. The molecule has 0 saturated carbocycles. The van der Waals surface area contributed by atoms with Gasteiger partial charge in [-0.25, -0.2) is 0 Å². The molecule has 1 rings (SSSR count). The number of nitrogens with zero attached hydrogens (tertiary/aromatic N) is 2. The van der Waals surface area contributed by atoms with Crippen molar-refractivity contribution in [2.45, 2.75) is 33.4 Å². The molecule has 15 heavy (non-hydrogen) atoms. The quantitative estimate of drug-likeness (QED) is 0.743. The van der Waals surface area contributed by atoms with E-state index in [1.54, 1.807) is 0 Å². The van der Waals surface area contributed by atoms with Gasteiger partial charge in [-0.05, 0) is 25.8 Å². The molecule has 0 fully saturated rings. The molecule has 0 aliphatic heterocycles. The van der Waals surface area contributed by atoms with Crippen molar-refractivity contribution >= 4 is 0 Å². The Morgan fingerprint density at radius 1 is 1.47 bits per heavy atom. The van der Waals surface area contributed by atoms with Gasteiger partial charge in [-0.15, -0.1) is 0 Å². The molecule has 0 aliphatic rings. The van der Waals surface area contributed by atoms with Gasteiger partial charge < -0.3 is 10.4 Å². The van der Waals surface area contributed by atoms with E-state index in [1.165, 1.54) is 0 Å². The highest BCUT2D eigenvalue weighted by molar-refractivity contribution is 4.98. The molecular weight excluding hydrogens is 190 g/mol. The fraction of sp³-hybridized carbons (Fsp3) is 0.727. The minimum Gasteiger partial charge on any atom is -0.396 e. The zero-order valence-corrected chi connectivity index (χ0v) is 9.77. The second kappa shape index (κ2) is 5.88. The van der Waals surface area contributed by atoms with Crippen molar-refractivity contribution < 1.29 is 5.11 Å². The fourth-order valence-corrected chi connectivity index (χ4v) is 1.27. The van der Waals surface area contributed by atoms with Crippen LogP contribution in [0.3, 0.4) is 0 Å². The average Bonchev–Trinajstić information content (AvgIpc) is 2.66. The summed E-state index contributed by atoms with van der Waals surface area (Å²) in [7, 11) is 0. The molecule has 0 aliphatic carbocycles. The zero-order valence-electron chi connectivity index (χ0n) is 9.77. The molecule has 0 amide bonds. The van der Waals surface area contributed by atoms with Gasteiger partial charge in [-0.3, -0.25) is 4.68 Å². The standard InChI is InChI=1S/C11H21N3O/c1-9(2)14-5-4-11(13-14)7-12-6-10(3)8-15/h4-5,9-10,12,15H,6-8H2,1-3H3. The maximum atomic E-state index is 8.85. The Morgan fingerprint density at radius 3 is 2.73 bits per heavy atom. The normalized spacial score (nSPS) is 13.4. The molecule has 0 radical (unpaired) electrons. The number of rotatable bonds is 6. The van der Waals surface area contributed by atoms with Crippen LogP contribution in [0.15, 0.2) is 12.3 Å². The Labute approximate surface area is 91.3 Å². The van der Waals surface area contributed by atoms with Gasteiger partial charge in [-0.1, -0.05) is 6.92 Å². The lowest BCUT2D eigenvalue weighted by molar-refractivity contribution is 0.233. The first-order chi connectivity index (χ1) is 7.13. The van der Waals surface area contributed by atoms with Gasteiger partial charge in [-0.2, -0.15) is 5.10 Å². The second-order valence-corrected chi connectivity index (χ2v) is 4.30. The molecule has 1 heterocycles. The first-order valence-electron chi connectivity index (χ1n) is 5.49. The van der Waals surface area contributed by atoms with Crippen molar-refractivity contribution in [3.8, 4) is 0 Å². The van der Waals surface area contributed by atoms with Crippen LogP contribution < -0.4 is 5.32 Å². The van der Waals surface area contributed by atoms with Crippen LogP contribution in [0.4, 0.5) is 0 Å². The van der Waals surface area contributed by atoms with Crippen LogP contribution in [0.2, 0.25) is 0 Å². The minimum atomic E-state index is 0.230. The number of hydrogen-bond acceptors (Lipinski definition) is 3. The molecule has 0 saturated heterocycles. The van der Waals surface area contributed by atoms with Crippen molar-refractivity contribution in [3.63, 3.8) is 0 Å². The van der Waals surface area contributed by atoms with Crippen molar-refractivity contribution in [2.24, 2.45) is 5.92 Å². The molecule has 1 aromatic heterocycles. The molecule has 1 unspecified atom stereocenters. The largest absolute Gasteiger partial charge is 0.396 e. The predicted molar refractivity (Wildman–Crippen MR) is 60.6 cm³/mol. The van der Waals surface area contributed by atoms with Crippen molar-refractivity contribution in [1.82, 2.24) is 15.1 Å². The first-order valence-corrected chi connectivity index (χ1v) is 5.49. The minimum absolute atomic E-state index is 0.230. The van der Waals surface area contributed by atoms with Crippen LogP contribution in [0.1, 0.15) is 32.5 Å². The van der Waals surface area contributed by atoms with Crippen molar-refractivity contribution in [1.29, 1.82) is 0 Å². The number of aliphatic hydroxyl groups excluding tert-OH is 1. The Morgan fingerprint density at radius 2 is 2.20 bits per heavy atom. The summed E-state index contributed by atoms with van der Waals surface area (Å²) >= 11 is 0. The summed E-state index contributed by atoms with van der Waals surface area (Å²) in [5.41, 5.74) is 1.05. The van der Waals surface area contributed by atoms with E-state index in [1.807, 2.05) is 23.9 Å². The SMILES string of the molecule is CC(CO)CNCc1ccn(C(C)C)n1. The lowest BCUT2D eigenvalue weighted by Crippen LogP contribution is -2.23. The van der Waals surface area contributed by atoms with E-state index in [0.29, 0.717) is 12.0 Å². The maximum absolute atomic E-state index is 8.85. The van der Waals surface area contributed by atoms with E-state index in [9.17, 15) is 0 Å². The lowest BCUT2D eigenvalue weighted by Gasteiger charge is -2.08. The molecule has 4 nitrogen and oxygen atoms in total. The molecule has 0 bridgehead atoms. The summed E-state index contributed by atoms with van der Waals surface area (Å²) in [6, 6.07) is 2.44. The molecule has 1 atom stereocenters. The van der Waals surface area contributed by atoms with E-state index < -0.39 is 0 Å². The monoisotopic (exact) mass is 211 g/mol. The van der Waals surface area contributed by atoms with Crippen molar-refractivity contribution in [2.75, 3.05) is 13.2 Å². The van der Waals surface area contributed by atoms with E-state index in [-0.39, 0.29) is 6.61 Å². The molecular formula is C11H21N3O. The molecule has 86 valence electrons. The van der Waals surface area contributed by atoms with Gasteiger partial charge >= 0.3 is 0 Å². The topological polar surface area (TPSA) is 50.1 Å². The van der Waals surface area contributed by atoms with Crippen LogP contribution in [0.5, 0.6) is 0 Å². The zero-order chi connectivity index (χ0) is 11.3. The third-order valence-corrected chi connectivity index (χ3v) is 2.30. The maximum Gasteiger partial charge on any atom is 0.0762 e. The summed E-state index contributed by atoms with van der Waals surface area (Å²) in [5.74, 6) is 0.303. The van der Waals surface area contributed by atoms with E-state index in [2.05, 4.69) is 24.3 Å². The lowest BCUT2D eigenvalue weighted by atomic mass is 10.2. The Bertz CT molecular complexity index is 283. The summed E-state index contributed by atoms with van der Waals surface area (Å²) in [5, 5.41) is 16.5. The Balaban J connectivity index is 2.31. The second-order valence-electron chi connectivity index (χ2n) is 4.30. The van der Waals surface area contributed by atoms with E-state index in [0.717, 1.165) is 18.8 Å². The average molecular weight is 211 g/mol. The van der Waals surface area contributed by atoms with Crippen LogP contribution in [-0.2, 0) is 6.54 Å². The van der Waals surface area contributed by atoms with Gasteiger partial charge in [0.25, 0.3) is 0 Å². The number of aromatic nitrogens is 2. The molecule has 0 aromatic carbocycles. The highest BCUT2D eigenvalue weighted by atomic mass is 16.3.